The number of piperazine rings is 1. The summed E-state index contributed by atoms with van der Waals surface area (Å²) in [5.74, 6) is 2.59. The molecule has 0 bridgehead atoms. The first-order chi connectivity index (χ1) is 13.8. The highest BCUT2D eigenvalue weighted by molar-refractivity contribution is 14.0. The summed E-state index contributed by atoms with van der Waals surface area (Å²) < 4.78 is 15.8. The number of methoxy groups -OCH3 is 1. The van der Waals surface area contributed by atoms with Gasteiger partial charge in [-0.05, 0) is 31.2 Å². The summed E-state index contributed by atoms with van der Waals surface area (Å²) in [6.07, 6.45) is 1.62. The van der Waals surface area contributed by atoms with Crippen LogP contribution in [0.1, 0.15) is 12.6 Å². The molecular weight excluding hydrogens is 485 g/mol. The Hall–Kier alpha value is -2.01. The Bertz CT molecular complexity index is 716. The smallest absolute Gasteiger partial charge is 0.194 e. The fourth-order valence-corrected chi connectivity index (χ4v) is 3.08. The highest BCUT2D eigenvalue weighted by atomic mass is 127. The molecule has 29 heavy (non-hydrogen) atoms. The molecule has 2 aromatic rings. The Morgan fingerprint density at radius 3 is 2.48 bits per heavy atom. The van der Waals surface area contributed by atoms with E-state index in [1.165, 1.54) is 0 Å². The van der Waals surface area contributed by atoms with Crippen LogP contribution < -0.4 is 14.8 Å². The Labute approximate surface area is 189 Å². The van der Waals surface area contributed by atoms with Gasteiger partial charge in [0, 0.05) is 45.3 Å². The Morgan fingerprint density at radius 2 is 1.86 bits per heavy atom. The molecule has 2 heterocycles. The second-order valence-corrected chi connectivity index (χ2v) is 6.51. The van der Waals surface area contributed by atoms with Crippen LogP contribution in [0.4, 0.5) is 0 Å². The highest BCUT2D eigenvalue weighted by Gasteiger charge is 2.20. The number of rotatable bonds is 8. The van der Waals surface area contributed by atoms with E-state index in [-0.39, 0.29) is 24.0 Å². The lowest BCUT2D eigenvalue weighted by Crippen LogP contribution is -2.52. The van der Waals surface area contributed by atoms with Crippen molar-refractivity contribution in [1.82, 2.24) is 20.3 Å². The van der Waals surface area contributed by atoms with Crippen molar-refractivity contribution >= 4 is 29.9 Å². The average molecular weight is 515 g/mol. The first kappa shape index (κ1) is 23.3. The second kappa shape index (κ2) is 12.5. The van der Waals surface area contributed by atoms with Gasteiger partial charge < -0.3 is 24.2 Å². The normalized spacial score (nSPS) is 15.0. The van der Waals surface area contributed by atoms with Gasteiger partial charge in [0.2, 0.25) is 0 Å². The minimum absolute atomic E-state index is 0. The van der Waals surface area contributed by atoms with Crippen LogP contribution in [-0.2, 0) is 6.54 Å². The number of ether oxygens (including phenoxy) is 2. The van der Waals surface area contributed by atoms with Crippen LogP contribution in [0.15, 0.2) is 46.1 Å². The molecule has 0 amide bonds. The maximum absolute atomic E-state index is 5.76. The van der Waals surface area contributed by atoms with Gasteiger partial charge in [-0.15, -0.1) is 24.0 Å². The van der Waals surface area contributed by atoms with Gasteiger partial charge in [-0.2, -0.15) is 0 Å². The number of benzene rings is 1. The van der Waals surface area contributed by atoms with Gasteiger partial charge in [0.05, 0.1) is 19.3 Å². The lowest BCUT2D eigenvalue weighted by atomic mass is 10.3. The predicted octanol–water partition coefficient (Wildman–Crippen LogP) is 2.46. The standard InChI is InChI=1S/C20H29N5O3.HI/c1-3-21-20(22-9-15-27-19-6-4-18(26-2)5-7-19)25-12-10-24(11-13-25)16-17-8-14-28-23-17;/h4-8,14H,3,9-13,15-16H2,1-2H3,(H,21,22);1H. The van der Waals surface area contributed by atoms with E-state index < -0.39 is 0 Å². The summed E-state index contributed by atoms with van der Waals surface area (Å²) in [6.45, 7) is 8.71. The minimum atomic E-state index is 0. The molecule has 0 spiro atoms. The summed E-state index contributed by atoms with van der Waals surface area (Å²) >= 11 is 0. The monoisotopic (exact) mass is 515 g/mol. The topological polar surface area (TPSA) is 75.4 Å². The number of aromatic nitrogens is 1. The zero-order valence-corrected chi connectivity index (χ0v) is 19.4. The van der Waals surface area contributed by atoms with E-state index in [1.54, 1.807) is 13.4 Å². The molecular formula is C20H30IN5O3. The molecule has 0 saturated carbocycles. The molecule has 1 aliphatic rings. The molecule has 3 rings (SSSR count). The minimum Gasteiger partial charge on any atom is -0.497 e. The van der Waals surface area contributed by atoms with Crippen LogP contribution in [0.25, 0.3) is 0 Å². The molecule has 1 fully saturated rings. The van der Waals surface area contributed by atoms with Gasteiger partial charge in [-0.1, -0.05) is 5.16 Å². The van der Waals surface area contributed by atoms with Crippen LogP contribution in [0.2, 0.25) is 0 Å². The number of halogens is 1. The lowest BCUT2D eigenvalue weighted by Gasteiger charge is -2.36. The van der Waals surface area contributed by atoms with Gasteiger partial charge >= 0.3 is 0 Å². The quantitative estimate of drug-likeness (QED) is 0.251. The number of hydrogen-bond acceptors (Lipinski definition) is 6. The summed E-state index contributed by atoms with van der Waals surface area (Å²) in [5, 5.41) is 7.38. The van der Waals surface area contributed by atoms with Crippen molar-refractivity contribution in [2.24, 2.45) is 4.99 Å². The highest BCUT2D eigenvalue weighted by Crippen LogP contribution is 2.16. The molecule has 0 radical (unpaired) electrons. The van der Waals surface area contributed by atoms with Crippen molar-refractivity contribution in [3.8, 4) is 11.5 Å². The Kier molecular flexibility index (Phi) is 10.1. The molecule has 1 aromatic heterocycles. The fraction of sp³-hybridized carbons (Fsp3) is 0.500. The molecule has 9 heteroatoms. The number of hydrogen-bond donors (Lipinski definition) is 1. The zero-order valence-electron chi connectivity index (χ0n) is 17.0. The summed E-state index contributed by atoms with van der Waals surface area (Å²) in [4.78, 5) is 9.40. The zero-order chi connectivity index (χ0) is 19.6. The number of nitrogens with one attached hydrogen (secondary N) is 1. The Balaban J connectivity index is 0.00000300. The molecule has 1 aliphatic heterocycles. The lowest BCUT2D eigenvalue weighted by molar-refractivity contribution is 0.169. The first-order valence-electron chi connectivity index (χ1n) is 9.70. The van der Waals surface area contributed by atoms with Crippen LogP contribution in [0, 0.1) is 0 Å². The fourth-order valence-electron chi connectivity index (χ4n) is 3.08. The summed E-state index contributed by atoms with van der Waals surface area (Å²) in [6, 6.07) is 9.51. The van der Waals surface area contributed by atoms with Crippen LogP contribution >= 0.6 is 24.0 Å². The largest absolute Gasteiger partial charge is 0.497 e. The van der Waals surface area contributed by atoms with Crippen molar-refractivity contribution in [2.75, 3.05) is 53.0 Å². The van der Waals surface area contributed by atoms with Crippen molar-refractivity contribution < 1.29 is 14.0 Å². The number of aliphatic imine (C=N–C) groups is 1. The molecule has 0 unspecified atom stereocenters. The van der Waals surface area contributed by atoms with Crippen LogP contribution in [0.3, 0.4) is 0 Å². The van der Waals surface area contributed by atoms with Crippen molar-refractivity contribution in [1.29, 1.82) is 0 Å². The Morgan fingerprint density at radius 1 is 1.14 bits per heavy atom. The van der Waals surface area contributed by atoms with E-state index in [1.807, 2.05) is 30.3 Å². The van der Waals surface area contributed by atoms with Crippen LogP contribution in [-0.4, -0.2) is 73.9 Å². The number of nitrogens with zero attached hydrogens (tertiary/aromatic N) is 4. The predicted molar refractivity (Wildman–Crippen MR) is 123 cm³/mol. The van der Waals surface area contributed by atoms with E-state index in [4.69, 9.17) is 19.0 Å². The molecule has 0 atom stereocenters. The van der Waals surface area contributed by atoms with Crippen molar-refractivity contribution in [2.45, 2.75) is 13.5 Å². The average Bonchev–Trinajstić information content (AvgIpc) is 3.24. The SMILES string of the molecule is CCNC(=NCCOc1ccc(OC)cc1)N1CCN(Cc2ccon2)CC1.I. The molecule has 1 saturated heterocycles. The van der Waals surface area contributed by atoms with Gasteiger partial charge in [0.15, 0.2) is 5.96 Å². The third-order valence-electron chi connectivity index (χ3n) is 4.56. The van der Waals surface area contributed by atoms with Crippen molar-refractivity contribution in [3.63, 3.8) is 0 Å². The maximum atomic E-state index is 5.76. The third kappa shape index (κ3) is 7.39. The molecule has 1 N–H and O–H groups in total. The third-order valence-corrected chi connectivity index (χ3v) is 4.56. The van der Waals surface area contributed by atoms with E-state index in [9.17, 15) is 0 Å². The van der Waals surface area contributed by atoms with E-state index in [0.29, 0.717) is 13.2 Å². The number of guanidine groups is 1. The molecule has 1 aromatic carbocycles. The summed E-state index contributed by atoms with van der Waals surface area (Å²) in [7, 11) is 1.65. The maximum Gasteiger partial charge on any atom is 0.194 e. The van der Waals surface area contributed by atoms with Gasteiger partial charge in [-0.25, -0.2) is 4.99 Å². The van der Waals surface area contributed by atoms with Crippen LogP contribution in [0.5, 0.6) is 11.5 Å². The van der Waals surface area contributed by atoms with Gasteiger partial charge in [0.25, 0.3) is 0 Å². The second-order valence-electron chi connectivity index (χ2n) is 6.51. The van der Waals surface area contributed by atoms with E-state index in [0.717, 1.165) is 62.4 Å². The first-order valence-corrected chi connectivity index (χ1v) is 9.70. The molecule has 0 aliphatic carbocycles. The molecule has 8 nitrogen and oxygen atoms in total. The van der Waals surface area contributed by atoms with Gasteiger partial charge in [0.1, 0.15) is 24.4 Å². The van der Waals surface area contributed by atoms with Gasteiger partial charge in [-0.3, -0.25) is 4.90 Å². The summed E-state index contributed by atoms with van der Waals surface area (Å²) in [5.41, 5.74) is 0.977. The van der Waals surface area contributed by atoms with Crippen molar-refractivity contribution in [3.05, 3.63) is 42.3 Å². The van der Waals surface area contributed by atoms with E-state index >= 15 is 0 Å². The van der Waals surface area contributed by atoms with E-state index in [2.05, 4.69) is 27.2 Å². The molecule has 160 valence electrons.